The minimum absolute atomic E-state index is 0.267. The van der Waals surface area contributed by atoms with Gasteiger partial charge in [-0.2, -0.15) is 0 Å². The lowest BCUT2D eigenvalue weighted by Crippen LogP contribution is -2.29. The van der Waals surface area contributed by atoms with Gasteiger partial charge in [0.15, 0.2) is 0 Å². The van der Waals surface area contributed by atoms with Crippen LogP contribution in [0.1, 0.15) is 26.8 Å². The lowest BCUT2D eigenvalue weighted by Gasteiger charge is -2.24. The van der Waals surface area contributed by atoms with Crippen molar-refractivity contribution in [3.63, 3.8) is 0 Å². The minimum atomic E-state index is 0.267. The number of nitrogen functional groups attached to an aromatic ring is 1. The van der Waals surface area contributed by atoms with Gasteiger partial charge in [-0.1, -0.05) is 31.5 Å². The molecule has 1 aromatic carbocycles. The fraction of sp³-hybridized carbons (Fsp3) is 0.500. The molecule has 0 amide bonds. The van der Waals surface area contributed by atoms with Crippen molar-refractivity contribution in [2.45, 2.75) is 26.8 Å². The Bertz CT molecular complexity index is 560. The number of imidazole rings is 1. The van der Waals surface area contributed by atoms with Gasteiger partial charge in [-0.15, -0.1) is 0 Å². The van der Waals surface area contributed by atoms with E-state index in [9.17, 15) is 0 Å². The summed E-state index contributed by atoms with van der Waals surface area (Å²) in [6.07, 6.45) is 0. The molecular formula is C14H21ClN4. The quantitative estimate of drug-likeness (QED) is 0.915. The molecule has 0 fully saturated rings. The maximum absolute atomic E-state index is 6.17. The van der Waals surface area contributed by atoms with E-state index < -0.39 is 0 Å². The van der Waals surface area contributed by atoms with Crippen molar-refractivity contribution in [3.05, 3.63) is 23.2 Å². The summed E-state index contributed by atoms with van der Waals surface area (Å²) in [7, 11) is 0. The van der Waals surface area contributed by atoms with Crippen molar-refractivity contribution in [3.8, 4) is 0 Å². The molecule has 5 heteroatoms. The summed E-state index contributed by atoms with van der Waals surface area (Å²) in [6, 6.07) is 6.06. The second kappa shape index (κ2) is 5.80. The lowest BCUT2D eigenvalue weighted by atomic mass is 10.2. The summed E-state index contributed by atoms with van der Waals surface area (Å²) in [5.74, 6) is 0.530. The van der Waals surface area contributed by atoms with E-state index in [1.807, 2.05) is 18.2 Å². The molecule has 0 spiro atoms. The first-order valence-corrected chi connectivity index (χ1v) is 7.10. The van der Waals surface area contributed by atoms with Crippen molar-refractivity contribution in [1.29, 1.82) is 0 Å². The predicted octanol–water partition coefficient (Wildman–Crippen LogP) is 3.17. The number of likely N-dealkylation sites (N-methyl/N-ethyl adjacent to an activating group) is 1. The average molecular weight is 281 g/mol. The van der Waals surface area contributed by atoms with Gasteiger partial charge in [0.1, 0.15) is 5.52 Å². The number of fused-ring (bicyclic) bond motifs is 1. The van der Waals surface area contributed by atoms with Crippen molar-refractivity contribution in [2.75, 3.05) is 25.4 Å². The highest BCUT2D eigenvalue weighted by Crippen LogP contribution is 2.28. The van der Waals surface area contributed by atoms with Gasteiger partial charge in [-0.25, -0.2) is 4.98 Å². The first-order valence-electron chi connectivity index (χ1n) is 6.72. The van der Waals surface area contributed by atoms with Crippen LogP contribution < -0.4 is 5.73 Å². The Morgan fingerprint density at radius 3 is 2.68 bits per heavy atom. The molecule has 0 aliphatic rings. The molecule has 0 aliphatic heterocycles. The Morgan fingerprint density at radius 2 is 2.05 bits per heavy atom. The maximum Gasteiger partial charge on any atom is 0.201 e. The van der Waals surface area contributed by atoms with E-state index in [1.54, 1.807) is 0 Å². The van der Waals surface area contributed by atoms with E-state index in [-0.39, 0.29) is 6.04 Å². The minimum Gasteiger partial charge on any atom is -0.369 e. The van der Waals surface area contributed by atoms with Gasteiger partial charge in [0.2, 0.25) is 5.95 Å². The Morgan fingerprint density at radius 1 is 1.37 bits per heavy atom. The van der Waals surface area contributed by atoms with Crippen LogP contribution in [-0.4, -0.2) is 34.1 Å². The summed E-state index contributed by atoms with van der Waals surface area (Å²) >= 11 is 6.17. The van der Waals surface area contributed by atoms with E-state index >= 15 is 0 Å². The smallest absolute Gasteiger partial charge is 0.201 e. The number of nitrogens with zero attached hydrogens (tertiary/aromatic N) is 3. The van der Waals surface area contributed by atoms with Gasteiger partial charge in [0, 0.05) is 12.6 Å². The summed E-state index contributed by atoms with van der Waals surface area (Å²) in [5, 5.41) is 0.651. The van der Waals surface area contributed by atoms with Gasteiger partial charge in [-0.3, -0.25) is 0 Å². The molecular weight excluding hydrogens is 260 g/mol. The van der Waals surface area contributed by atoms with E-state index in [4.69, 9.17) is 17.3 Å². The Hall–Kier alpha value is -1.26. The van der Waals surface area contributed by atoms with Crippen molar-refractivity contribution in [1.82, 2.24) is 14.5 Å². The largest absolute Gasteiger partial charge is 0.369 e. The van der Waals surface area contributed by atoms with Crippen molar-refractivity contribution >= 4 is 28.6 Å². The van der Waals surface area contributed by atoms with Gasteiger partial charge < -0.3 is 15.2 Å². The first-order chi connectivity index (χ1) is 9.08. The highest BCUT2D eigenvalue weighted by Gasteiger charge is 2.17. The number of halogens is 1. The molecule has 1 unspecified atom stereocenters. The van der Waals surface area contributed by atoms with Crippen molar-refractivity contribution in [2.24, 2.45) is 0 Å². The molecule has 0 saturated heterocycles. The third-order valence-electron chi connectivity index (χ3n) is 3.56. The lowest BCUT2D eigenvalue weighted by molar-refractivity contribution is 0.264. The van der Waals surface area contributed by atoms with Crippen LogP contribution in [0.3, 0.4) is 0 Å². The molecule has 0 radical (unpaired) electrons. The zero-order chi connectivity index (χ0) is 14.0. The molecule has 1 aromatic heterocycles. The summed E-state index contributed by atoms with van der Waals surface area (Å²) in [5.41, 5.74) is 7.85. The number of aromatic nitrogens is 2. The number of hydrogen-bond acceptors (Lipinski definition) is 3. The first kappa shape index (κ1) is 14.2. The zero-order valence-corrected chi connectivity index (χ0v) is 12.5. The average Bonchev–Trinajstić information content (AvgIpc) is 2.73. The topological polar surface area (TPSA) is 47.1 Å². The number of para-hydroxylation sites is 1. The van der Waals surface area contributed by atoms with Crippen LogP contribution in [-0.2, 0) is 0 Å². The molecule has 104 valence electrons. The maximum atomic E-state index is 6.17. The highest BCUT2D eigenvalue weighted by molar-refractivity contribution is 6.35. The van der Waals surface area contributed by atoms with E-state index in [1.165, 1.54) is 0 Å². The molecule has 2 N–H and O–H groups in total. The predicted molar refractivity (Wildman–Crippen MR) is 81.7 cm³/mol. The fourth-order valence-corrected chi connectivity index (χ4v) is 2.71. The van der Waals surface area contributed by atoms with Crippen molar-refractivity contribution < 1.29 is 0 Å². The van der Waals surface area contributed by atoms with Crippen LogP contribution in [0.5, 0.6) is 0 Å². The third kappa shape index (κ3) is 2.69. The van der Waals surface area contributed by atoms with Crippen LogP contribution in [0.2, 0.25) is 5.02 Å². The Labute approximate surface area is 119 Å². The second-order valence-corrected chi connectivity index (χ2v) is 5.19. The number of anilines is 1. The zero-order valence-electron chi connectivity index (χ0n) is 11.7. The van der Waals surface area contributed by atoms with Crippen LogP contribution in [0.15, 0.2) is 18.2 Å². The van der Waals surface area contributed by atoms with Crippen LogP contribution in [0.25, 0.3) is 11.0 Å². The second-order valence-electron chi connectivity index (χ2n) is 4.78. The molecule has 1 atom stereocenters. The van der Waals surface area contributed by atoms with Gasteiger partial charge in [0.05, 0.1) is 10.5 Å². The van der Waals surface area contributed by atoms with Gasteiger partial charge in [-0.05, 0) is 32.1 Å². The number of rotatable bonds is 5. The molecule has 4 nitrogen and oxygen atoms in total. The van der Waals surface area contributed by atoms with Crippen LogP contribution in [0.4, 0.5) is 5.95 Å². The molecule has 0 saturated carbocycles. The number of hydrogen-bond donors (Lipinski definition) is 1. The Kier molecular flexibility index (Phi) is 4.32. The molecule has 0 aliphatic carbocycles. The summed E-state index contributed by atoms with van der Waals surface area (Å²) in [4.78, 5) is 6.76. The molecule has 2 rings (SSSR count). The van der Waals surface area contributed by atoms with Crippen LogP contribution >= 0.6 is 11.6 Å². The van der Waals surface area contributed by atoms with E-state index in [2.05, 4.69) is 35.2 Å². The molecule has 0 bridgehead atoms. The third-order valence-corrected chi connectivity index (χ3v) is 3.86. The SMILES string of the molecule is CCN(CC)CC(C)n1c(N)nc2c(Cl)cccc21. The monoisotopic (exact) mass is 280 g/mol. The molecule has 1 heterocycles. The normalized spacial score (nSPS) is 13.3. The van der Waals surface area contributed by atoms with E-state index in [0.29, 0.717) is 11.0 Å². The Balaban J connectivity index is 2.39. The summed E-state index contributed by atoms with van der Waals surface area (Å²) < 4.78 is 2.07. The molecule has 19 heavy (non-hydrogen) atoms. The highest BCUT2D eigenvalue weighted by atomic mass is 35.5. The fourth-order valence-electron chi connectivity index (χ4n) is 2.50. The number of nitrogens with two attached hydrogens (primary N) is 1. The van der Waals surface area contributed by atoms with Crippen LogP contribution in [0, 0.1) is 0 Å². The molecule has 2 aromatic rings. The van der Waals surface area contributed by atoms with Gasteiger partial charge >= 0.3 is 0 Å². The standard InChI is InChI=1S/C14H21ClN4/c1-4-18(5-2)9-10(3)19-12-8-6-7-11(15)13(12)17-14(19)16/h6-8,10H,4-5,9H2,1-3H3,(H2,16,17). The van der Waals surface area contributed by atoms with E-state index in [0.717, 1.165) is 30.7 Å². The summed E-state index contributed by atoms with van der Waals surface area (Å²) in [6.45, 7) is 9.53. The van der Waals surface area contributed by atoms with Gasteiger partial charge in [0.25, 0.3) is 0 Å². The number of benzene rings is 1.